The molecule has 1 aromatic carbocycles. The van der Waals surface area contributed by atoms with E-state index in [1.54, 1.807) is 43.6 Å². The number of nitrogens with one attached hydrogen (secondary N) is 1. The van der Waals surface area contributed by atoms with E-state index in [9.17, 15) is 4.79 Å². The minimum absolute atomic E-state index is 0.0943. The van der Waals surface area contributed by atoms with Crippen molar-refractivity contribution < 1.29 is 14.6 Å². The van der Waals surface area contributed by atoms with E-state index in [1.165, 1.54) is 0 Å². The molecule has 1 unspecified atom stereocenters. The fourth-order valence-electron chi connectivity index (χ4n) is 1.73. The van der Waals surface area contributed by atoms with E-state index in [0.29, 0.717) is 17.9 Å². The van der Waals surface area contributed by atoms with Gasteiger partial charge in [0, 0.05) is 29.6 Å². The number of rotatable bonds is 6. The van der Waals surface area contributed by atoms with Gasteiger partial charge in [0.05, 0.1) is 6.61 Å². The van der Waals surface area contributed by atoms with Crippen molar-refractivity contribution in [3.8, 4) is 5.75 Å². The number of aliphatic hydroxyl groups is 1. The Balaban J connectivity index is 1.99. The molecule has 0 radical (unpaired) electrons. The van der Waals surface area contributed by atoms with Crippen molar-refractivity contribution in [2.75, 3.05) is 6.61 Å². The molecule has 0 saturated heterocycles. The highest BCUT2D eigenvalue weighted by Crippen LogP contribution is 2.15. The maximum absolute atomic E-state index is 12.0. The second-order valence-electron chi connectivity index (χ2n) is 4.73. The van der Waals surface area contributed by atoms with Gasteiger partial charge in [0.1, 0.15) is 12.4 Å². The zero-order valence-corrected chi connectivity index (χ0v) is 11.8. The summed E-state index contributed by atoms with van der Waals surface area (Å²) in [4.78, 5) is 16.0. The normalized spacial score (nSPS) is 11.7. The van der Waals surface area contributed by atoms with Crippen molar-refractivity contribution in [3.63, 3.8) is 0 Å². The van der Waals surface area contributed by atoms with Gasteiger partial charge in [-0.1, -0.05) is 12.1 Å². The van der Waals surface area contributed by atoms with Crippen molar-refractivity contribution >= 4 is 5.91 Å². The minimum Gasteiger partial charge on any atom is -0.489 e. The van der Waals surface area contributed by atoms with Crippen molar-refractivity contribution in [2.45, 2.75) is 19.6 Å². The first kappa shape index (κ1) is 15.0. The third kappa shape index (κ3) is 4.57. The molecule has 0 spiro atoms. The number of benzene rings is 1. The molecule has 0 aliphatic carbocycles. The second kappa shape index (κ2) is 7.40. The van der Waals surface area contributed by atoms with Gasteiger partial charge >= 0.3 is 0 Å². The topological polar surface area (TPSA) is 71.5 Å². The molecule has 21 heavy (non-hydrogen) atoms. The molecule has 0 fully saturated rings. The minimum atomic E-state index is -0.280. The predicted octanol–water partition coefficient (Wildman–Crippen LogP) is 1.77. The highest BCUT2D eigenvalue weighted by atomic mass is 16.5. The summed E-state index contributed by atoms with van der Waals surface area (Å²) in [5, 5.41) is 11.6. The highest BCUT2D eigenvalue weighted by molar-refractivity contribution is 5.94. The Hall–Kier alpha value is -2.40. The van der Waals surface area contributed by atoms with Crippen LogP contribution in [0.2, 0.25) is 0 Å². The maximum atomic E-state index is 12.0. The lowest BCUT2D eigenvalue weighted by Gasteiger charge is -2.12. The Morgan fingerprint density at radius 1 is 1.38 bits per heavy atom. The van der Waals surface area contributed by atoms with Crippen LogP contribution in [0.5, 0.6) is 5.75 Å². The number of ether oxygens (including phenoxy) is 1. The molecule has 1 heterocycles. The van der Waals surface area contributed by atoms with Crippen molar-refractivity contribution in [1.29, 1.82) is 0 Å². The Kier molecular flexibility index (Phi) is 5.29. The lowest BCUT2D eigenvalue weighted by atomic mass is 10.2. The summed E-state index contributed by atoms with van der Waals surface area (Å²) >= 11 is 0. The summed E-state index contributed by atoms with van der Waals surface area (Å²) in [5.74, 6) is 0.381. The van der Waals surface area contributed by atoms with Gasteiger partial charge in [0.2, 0.25) is 0 Å². The molecular weight excluding hydrogens is 268 g/mol. The maximum Gasteiger partial charge on any atom is 0.251 e. The van der Waals surface area contributed by atoms with Crippen LogP contribution in [-0.4, -0.2) is 28.6 Å². The first-order valence-electron chi connectivity index (χ1n) is 6.72. The summed E-state index contributed by atoms with van der Waals surface area (Å²) in [5.41, 5.74) is 1.46. The third-order valence-electron chi connectivity index (χ3n) is 2.88. The van der Waals surface area contributed by atoms with Crippen LogP contribution in [0.15, 0.2) is 48.8 Å². The molecule has 1 atom stereocenters. The van der Waals surface area contributed by atoms with Gasteiger partial charge < -0.3 is 15.2 Å². The average molecular weight is 286 g/mol. The molecule has 0 saturated carbocycles. The number of amides is 1. The van der Waals surface area contributed by atoms with Gasteiger partial charge in [-0.15, -0.1) is 0 Å². The number of aromatic nitrogens is 1. The zero-order valence-electron chi connectivity index (χ0n) is 11.8. The summed E-state index contributed by atoms with van der Waals surface area (Å²) in [6.07, 6.45) is 3.44. The first-order valence-corrected chi connectivity index (χ1v) is 6.72. The number of pyridine rings is 1. The summed E-state index contributed by atoms with van der Waals surface area (Å²) in [6, 6.07) is 10.4. The molecule has 110 valence electrons. The molecule has 2 aromatic rings. The van der Waals surface area contributed by atoms with Crippen LogP contribution in [0.4, 0.5) is 0 Å². The average Bonchev–Trinajstić information content (AvgIpc) is 2.54. The molecular formula is C16H18N2O3. The Bertz CT molecular complexity index is 587. The van der Waals surface area contributed by atoms with E-state index in [2.05, 4.69) is 10.3 Å². The Morgan fingerprint density at radius 3 is 2.95 bits per heavy atom. The van der Waals surface area contributed by atoms with Crippen molar-refractivity contribution in [3.05, 3.63) is 59.9 Å². The second-order valence-corrected chi connectivity index (χ2v) is 4.73. The number of nitrogens with zero attached hydrogens (tertiary/aromatic N) is 1. The van der Waals surface area contributed by atoms with Gasteiger partial charge in [0.25, 0.3) is 5.91 Å². The highest BCUT2D eigenvalue weighted by Gasteiger charge is 2.09. The molecule has 5 heteroatoms. The van der Waals surface area contributed by atoms with Gasteiger partial charge in [-0.25, -0.2) is 0 Å². The molecule has 2 N–H and O–H groups in total. The van der Waals surface area contributed by atoms with E-state index in [-0.39, 0.29) is 18.6 Å². The Morgan fingerprint density at radius 2 is 2.24 bits per heavy atom. The number of hydrogen-bond acceptors (Lipinski definition) is 4. The van der Waals surface area contributed by atoms with E-state index < -0.39 is 0 Å². The fourth-order valence-corrected chi connectivity index (χ4v) is 1.73. The van der Waals surface area contributed by atoms with Crippen LogP contribution in [0.25, 0.3) is 0 Å². The smallest absolute Gasteiger partial charge is 0.251 e. The lowest BCUT2D eigenvalue weighted by molar-refractivity contribution is 0.0922. The van der Waals surface area contributed by atoms with Crippen LogP contribution in [-0.2, 0) is 6.61 Å². The Labute approximate surface area is 123 Å². The van der Waals surface area contributed by atoms with Crippen LogP contribution in [0.1, 0.15) is 22.8 Å². The van der Waals surface area contributed by atoms with Gasteiger partial charge in [-0.05, 0) is 31.2 Å². The van der Waals surface area contributed by atoms with E-state index in [0.717, 1.165) is 5.56 Å². The van der Waals surface area contributed by atoms with E-state index >= 15 is 0 Å². The van der Waals surface area contributed by atoms with Crippen LogP contribution < -0.4 is 10.1 Å². The molecule has 5 nitrogen and oxygen atoms in total. The number of aliphatic hydroxyl groups excluding tert-OH is 1. The summed E-state index contributed by atoms with van der Waals surface area (Å²) in [7, 11) is 0. The van der Waals surface area contributed by atoms with Crippen LogP contribution >= 0.6 is 0 Å². The van der Waals surface area contributed by atoms with Crippen molar-refractivity contribution in [2.24, 2.45) is 0 Å². The number of hydrogen-bond donors (Lipinski definition) is 2. The van der Waals surface area contributed by atoms with Crippen LogP contribution in [0, 0.1) is 0 Å². The number of carbonyl (C=O) groups is 1. The quantitative estimate of drug-likeness (QED) is 0.849. The SMILES string of the molecule is CC(CO)NC(=O)c1cccc(OCc2cccnc2)c1. The third-order valence-corrected chi connectivity index (χ3v) is 2.88. The predicted molar refractivity (Wildman–Crippen MR) is 79.0 cm³/mol. The monoisotopic (exact) mass is 286 g/mol. The first-order chi connectivity index (χ1) is 10.2. The number of carbonyl (C=O) groups excluding carboxylic acids is 1. The van der Waals surface area contributed by atoms with Crippen molar-refractivity contribution in [1.82, 2.24) is 10.3 Å². The zero-order chi connectivity index (χ0) is 15.1. The molecule has 1 aromatic heterocycles. The van der Waals surface area contributed by atoms with Gasteiger partial charge in [-0.2, -0.15) is 0 Å². The van der Waals surface area contributed by atoms with E-state index in [4.69, 9.17) is 9.84 Å². The summed E-state index contributed by atoms with van der Waals surface area (Å²) in [6.45, 7) is 2.04. The van der Waals surface area contributed by atoms with E-state index in [1.807, 2.05) is 12.1 Å². The standard InChI is InChI=1S/C16H18N2O3/c1-12(10-19)18-16(20)14-5-2-6-15(8-14)21-11-13-4-3-7-17-9-13/h2-9,12,19H,10-11H2,1H3,(H,18,20). The van der Waals surface area contributed by atoms with Crippen LogP contribution in [0.3, 0.4) is 0 Å². The molecule has 1 amide bonds. The lowest BCUT2D eigenvalue weighted by Crippen LogP contribution is -2.34. The molecule has 2 rings (SSSR count). The van der Waals surface area contributed by atoms with Gasteiger partial charge in [-0.3, -0.25) is 9.78 Å². The molecule has 0 bridgehead atoms. The molecule has 0 aliphatic rings. The largest absolute Gasteiger partial charge is 0.489 e. The summed E-state index contributed by atoms with van der Waals surface area (Å²) < 4.78 is 5.64. The molecule has 0 aliphatic heterocycles. The fraction of sp³-hybridized carbons (Fsp3) is 0.250. The van der Waals surface area contributed by atoms with Gasteiger partial charge in [0.15, 0.2) is 0 Å².